The van der Waals surface area contributed by atoms with Crippen LogP contribution in [0.2, 0.25) is 0 Å². The molecule has 1 aliphatic rings. The second-order valence-corrected chi connectivity index (χ2v) is 6.19. The molecular weight excluding hydrogens is 318 g/mol. The first-order valence-electron chi connectivity index (χ1n) is 8.66. The van der Waals surface area contributed by atoms with Crippen LogP contribution in [0.15, 0.2) is 40.4 Å². The standard InChI is InChI=1S/C18H27N5O2/c1-14(2)22-23-17-20-12-16(21-17)10-6-7-11-19-18(24)25-13-15-8-4-3-5-9-15/h3-5,8-9,16H,6-7,10-13H2,1-2H3,(H,19,24)(H2,20,21,23). The molecule has 1 amide bonds. The van der Waals surface area contributed by atoms with Gasteiger partial charge in [0.2, 0.25) is 5.96 Å². The number of benzene rings is 1. The highest BCUT2D eigenvalue weighted by Gasteiger charge is 2.16. The number of alkyl carbamates (subject to hydrolysis) is 1. The molecule has 1 atom stereocenters. The number of aliphatic imine (C=N–C) groups is 1. The van der Waals surface area contributed by atoms with E-state index in [-0.39, 0.29) is 6.09 Å². The number of guanidine groups is 1. The average molecular weight is 345 g/mol. The number of hydrogen-bond acceptors (Lipinski definition) is 6. The van der Waals surface area contributed by atoms with Crippen LogP contribution in [-0.2, 0) is 11.3 Å². The van der Waals surface area contributed by atoms with Crippen LogP contribution in [0.1, 0.15) is 38.7 Å². The minimum absolute atomic E-state index is 0.297. The van der Waals surface area contributed by atoms with Gasteiger partial charge in [-0.25, -0.2) is 15.2 Å². The largest absolute Gasteiger partial charge is 0.445 e. The van der Waals surface area contributed by atoms with Gasteiger partial charge in [-0.1, -0.05) is 30.3 Å². The second kappa shape index (κ2) is 10.3. The van der Waals surface area contributed by atoms with E-state index in [0.717, 1.165) is 43.0 Å². The summed E-state index contributed by atoms with van der Waals surface area (Å²) in [5, 5.41) is 10.2. The van der Waals surface area contributed by atoms with Crippen molar-refractivity contribution in [2.75, 3.05) is 13.1 Å². The minimum Gasteiger partial charge on any atom is -0.445 e. The van der Waals surface area contributed by atoms with E-state index in [4.69, 9.17) is 4.74 Å². The highest BCUT2D eigenvalue weighted by Crippen LogP contribution is 2.05. The molecule has 1 aromatic rings. The fourth-order valence-electron chi connectivity index (χ4n) is 2.36. The summed E-state index contributed by atoms with van der Waals surface area (Å²) in [6.45, 7) is 5.53. The van der Waals surface area contributed by atoms with Crippen LogP contribution in [0.5, 0.6) is 0 Å². The number of ether oxygens (including phenoxy) is 1. The smallest absolute Gasteiger partial charge is 0.407 e. The van der Waals surface area contributed by atoms with E-state index in [2.05, 4.69) is 26.2 Å². The van der Waals surface area contributed by atoms with Crippen molar-refractivity contribution in [3.8, 4) is 0 Å². The quantitative estimate of drug-likeness (QED) is 0.383. The molecule has 25 heavy (non-hydrogen) atoms. The highest BCUT2D eigenvalue weighted by atomic mass is 16.5. The van der Waals surface area contributed by atoms with Crippen LogP contribution in [0.25, 0.3) is 0 Å². The lowest BCUT2D eigenvalue weighted by atomic mass is 10.1. The SMILES string of the molecule is CC(C)=NNC1=NCC(CCCCNC(=O)OCc2ccccc2)N1. The van der Waals surface area contributed by atoms with Crippen molar-refractivity contribution in [3.63, 3.8) is 0 Å². The van der Waals surface area contributed by atoms with E-state index < -0.39 is 0 Å². The van der Waals surface area contributed by atoms with E-state index in [9.17, 15) is 4.79 Å². The van der Waals surface area contributed by atoms with Gasteiger partial charge in [0, 0.05) is 18.3 Å². The lowest BCUT2D eigenvalue weighted by Gasteiger charge is -2.11. The van der Waals surface area contributed by atoms with Gasteiger partial charge < -0.3 is 15.4 Å². The number of rotatable bonds is 8. The summed E-state index contributed by atoms with van der Waals surface area (Å²) >= 11 is 0. The maximum Gasteiger partial charge on any atom is 0.407 e. The molecule has 0 bridgehead atoms. The Labute approximate surface area is 148 Å². The third kappa shape index (κ3) is 7.69. The summed E-state index contributed by atoms with van der Waals surface area (Å²) in [6.07, 6.45) is 2.55. The van der Waals surface area contributed by atoms with Crippen LogP contribution in [0.4, 0.5) is 4.79 Å². The van der Waals surface area contributed by atoms with Crippen molar-refractivity contribution >= 4 is 17.8 Å². The number of hydrogen-bond donors (Lipinski definition) is 3. The number of nitrogens with one attached hydrogen (secondary N) is 3. The molecule has 3 N–H and O–H groups in total. The van der Waals surface area contributed by atoms with E-state index >= 15 is 0 Å². The van der Waals surface area contributed by atoms with Gasteiger partial charge in [-0.2, -0.15) is 5.10 Å². The molecule has 2 rings (SSSR count). The molecule has 1 aliphatic heterocycles. The number of unbranched alkanes of at least 4 members (excludes halogenated alkanes) is 1. The number of carbonyl (C=O) groups is 1. The molecule has 0 aliphatic carbocycles. The fourth-order valence-corrected chi connectivity index (χ4v) is 2.36. The van der Waals surface area contributed by atoms with Crippen molar-refractivity contribution in [1.82, 2.24) is 16.1 Å². The third-order valence-corrected chi connectivity index (χ3v) is 3.66. The highest BCUT2D eigenvalue weighted by molar-refractivity contribution is 5.85. The van der Waals surface area contributed by atoms with Gasteiger partial charge in [-0.05, 0) is 38.7 Å². The van der Waals surface area contributed by atoms with Gasteiger partial charge in [0.05, 0.1) is 6.54 Å². The van der Waals surface area contributed by atoms with Crippen molar-refractivity contribution < 1.29 is 9.53 Å². The van der Waals surface area contributed by atoms with E-state index in [0.29, 0.717) is 19.2 Å². The van der Waals surface area contributed by atoms with Gasteiger partial charge in [-0.15, -0.1) is 0 Å². The van der Waals surface area contributed by atoms with Crippen molar-refractivity contribution in [1.29, 1.82) is 0 Å². The van der Waals surface area contributed by atoms with Gasteiger partial charge in [0.25, 0.3) is 0 Å². The van der Waals surface area contributed by atoms with E-state index in [1.54, 1.807) is 0 Å². The summed E-state index contributed by atoms with van der Waals surface area (Å²) in [7, 11) is 0. The number of amides is 1. The average Bonchev–Trinajstić information content (AvgIpc) is 3.06. The molecule has 1 heterocycles. The first-order chi connectivity index (χ1) is 12.1. The lowest BCUT2D eigenvalue weighted by molar-refractivity contribution is 0.139. The second-order valence-electron chi connectivity index (χ2n) is 6.19. The molecule has 0 radical (unpaired) electrons. The molecule has 0 saturated heterocycles. The zero-order valence-corrected chi connectivity index (χ0v) is 14.9. The van der Waals surface area contributed by atoms with Gasteiger partial charge in [0.1, 0.15) is 6.61 Å². The third-order valence-electron chi connectivity index (χ3n) is 3.66. The first-order valence-corrected chi connectivity index (χ1v) is 8.66. The van der Waals surface area contributed by atoms with Crippen molar-refractivity contribution in [3.05, 3.63) is 35.9 Å². The topological polar surface area (TPSA) is 87.1 Å². The Hall–Kier alpha value is -2.57. The number of carbonyl (C=O) groups excluding carboxylic acids is 1. The number of nitrogens with zero attached hydrogens (tertiary/aromatic N) is 2. The Kier molecular flexibility index (Phi) is 7.75. The first kappa shape index (κ1) is 18.8. The molecule has 7 nitrogen and oxygen atoms in total. The normalized spacial score (nSPS) is 15.8. The van der Waals surface area contributed by atoms with Crippen molar-refractivity contribution in [2.24, 2.45) is 10.1 Å². The fraction of sp³-hybridized carbons (Fsp3) is 0.500. The number of hydrazone groups is 1. The molecular formula is C18H27N5O2. The molecule has 1 unspecified atom stereocenters. The van der Waals surface area contributed by atoms with Gasteiger partial charge in [-0.3, -0.25) is 0 Å². The molecule has 0 saturated carbocycles. The van der Waals surface area contributed by atoms with Crippen LogP contribution < -0.4 is 16.1 Å². The Morgan fingerprint density at radius 3 is 2.88 bits per heavy atom. The Morgan fingerprint density at radius 2 is 2.12 bits per heavy atom. The monoisotopic (exact) mass is 345 g/mol. The summed E-state index contributed by atoms with van der Waals surface area (Å²) in [6, 6.07) is 9.98. The maximum atomic E-state index is 11.6. The summed E-state index contributed by atoms with van der Waals surface area (Å²) in [5.74, 6) is 0.730. The van der Waals surface area contributed by atoms with E-state index in [1.165, 1.54) is 0 Å². The molecule has 7 heteroatoms. The Morgan fingerprint density at radius 1 is 1.32 bits per heavy atom. The van der Waals surface area contributed by atoms with Gasteiger partial charge in [0.15, 0.2) is 0 Å². The lowest BCUT2D eigenvalue weighted by Crippen LogP contribution is -2.37. The van der Waals surface area contributed by atoms with Crippen LogP contribution in [0.3, 0.4) is 0 Å². The van der Waals surface area contributed by atoms with Crippen LogP contribution >= 0.6 is 0 Å². The molecule has 0 fully saturated rings. The molecule has 1 aromatic carbocycles. The van der Waals surface area contributed by atoms with Gasteiger partial charge >= 0.3 is 6.09 Å². The molecule has 0 aromatic heterocycles. The minimum atomic E-state index is -0.370. The van der Waals surface area contributed by atoms with E-state index in [1.807, 2.05) is 44.2 Å². The van der Waals surface area contributed by atoms with Crippen molar-refractivity contribution in [2.45, 2.75) is 45.8 Å². The summed E-state index contributed by atoms with van der Waals surface area (Å²) in [4.78, 5) is 16.0. The molecule has 136 valence electrons. The summed E-state index contributed by atoms with van der Waals surface area (Å²) in [5.41, 5.74) is 4.85. The zero-order chi connectivity index (χ0) is 17.9. The van der Waals surface area contributed by atoms with Crippen LogP contribution in [0, 0.1) is 0 Å². The molecule has 0 spiro atoms. The predicted molar refractivity (Wildman–Crippen MR) is 99.6 cm³/mol. The Bertz CT molecular complexity index is 597. The summed E-state index contributed by atoms with van der Waals surface area (Å²) < 4.78 is 5.17. The maximum absolute atomic E-state index is 11.6. The zero-order valence-electron chi connectivity index (χ0n) is 14.9. The van der Waals surface area contributed by atoms with Crippen LogP contribution in [-0.4, -0.2) is 36.9 Å². The predicted octanol–water partition coefficient (Wildman–Crippen LogP) is 2.40. The Balaban J connectivity index is 1.48.